The Bertz CT molecular complexity index is 1010. The molecule has 3 heterocycles. The fraction of sp³-hybridized carbons (Fsp3) is 0.176. The summed E-state index contributed by atoms with van der Waals surface area (Å²) in [6.45, 7) is 4.19. The quantitative estimate of drug-likeness (QED) is 0.439. The minimum absolute atomic E-state index is 0.566. The van der Waals surface area contributed by atoms with Crippen molar-refractivity contribution < 1.29 is 4.52 Å². The summed E-state index contributed by atoms with van der Waals surface area (Å²) >= 11 is 4.63. The minimum atomic E-state index is 0.566. The third-order valence-corrected chi connectivity index (χ3v) is 6.60. The molecule has 0 aliphatic heterocycles. The second kappa shape index (κ2) is 7.56. The summed E-state index contributed by atoms with van der Waals surface area (Å²) in [5.41, 5.74) is 3.51. The molecule has 4 rings (SSSR count). The van der Waals surface area contributed by atoms with Gasteiger partial charge in [0.25, 0.3) is 0 Å². The van der Waals surface area contributed by atoms with E-state index in [1.165, 1.54) is 34.2 Å². The molecule has 9 heteroatoms. The summed E-state index contributed by atoms with van der Waals surface area (Å²) in [5, 5.41) is 18.5. The fourth-order valence-corrected chi connectivity index (χ4v) is 4.51. The molecule has 6 nitrogen and oxygen atoms in total. The summed E-state index contributed by atoms with van der Waals surface area (Å²) in [5.74, 6) is 1.78. The van der Waals surface area contributed by atoms with E-state index in [0.29, 0.717) is 17.5 Å². The SMILES string of the molecule is Cc1cccc(Nc2nnc(SCc3nc(-c4cccs4)no3)s2)c1C. The van der Waals surface area contributed by atoms with Gasteiger partial charge in [0.05, 0.1) is 10.6 Å². The minimum Gasteiger partial charge on any atom is -0.338 e. The van der Waals surface area contributed by atoms with E-state index in [9.17, 15) is 0 Å². The normalized spacial score (nSPS) is 11.0. The summed E-state index contributed by atoms with van der Waals surface area (Å²) in [7, 11) is 0. The zero-order valence-electron chi connectivity index (χ0n) is 14.1. The Labute approximate surface area is 162 Å². The van der Waals surface area contributed by atoms with Gasteiger partial charge in [-0.05, 0) is 42.5 Å². The zero-order chi connectivity index (χ0) is 17.9. The lowest BCUT2D eigenvalue weighted by Gasteiger charge is -2.08. The van der Waals surface area contributed by atoms with E-state index >= 15 is 0 Å². The van der Waals surface area contributed by atoms with Crippen LogP contribution in [0.1, 0.15) is 17.0 Å². The Morgan fingerprint density at radius 1 is 1.15 bits per heavy atom. The highest BCUT2D eigenvalue weighted by atomic mass is 32.2. The van der Waals surface area contributed by atoms with Crippen LogP contribution in [0.2, 0.25) is 0 Å². The number of anilines is 2. The van der Waals surface area contributed by atoms with Crippen LogP contribution in [0.5, 0.6) is 0 Å². The molecule has 0 fully saturated rings. The van der Waals surface area contributed by atoms with Crippen LogP contribution in [-0.4, -0.2) is 20.3 Å². The van der Waals surface area contributed by atoms with Gasteiger partial charge in [0.1, 0.15) is 0 Å². The van der Waals surface area contributed by atoms with E-state index in [1.807, 2.05) is 29.6 Å². The summed E-state index contributed by atoms with van der Waals surface area (Å²) in [6.07, 6.45) is 0. The molecular weight excluding hydrogens is 386 g/mol. The van der Waals surface area contributed by atoms with Crippen LogP contribution in [0.25, 0.3) is 10.7 Å². The lowest BCUT2D eigenvalue weighted by molar-refractivity contribution is 0.392. The highest BCUT2D eigenvalue weighted by Gasteiger charge is 2.12. The summed E-state index contributed by atoms with van der Waals surface area (Å²) in [6, 6.07) is 10.1. The largest absolute Gasteiger partial charge is 0.338 e. The Kier molecular flexibility index (Phi) is 5.00. The van der Waals surface area contributed by atoms with Gasteiger partial charge in [-0.2, -0.15) is 4.98 Å². The van der Waals surface area contributed by atoms with Crippen LogP contribution in [0, 0.1) is 13.8 Å². The Hall–Kier alpha value is -2.23. The highest BCUT2D eigenvalue weighted by molar-refractivity contribution is 8.00. The van der Waals surface area contributed by atoms with Gasteiger partial charge in [0, 0.05) is 5.69 Å². The molecular formula is C17H15N5OS3. The molecule has 0 unspecified atom stereocenters. The van der Waals surface area contributed by atoms with Crippen molar-refractivity contribution in [1.82, 2.24) is 20.3 Å². The molecule has 1 N–H and O–H groups in total. The monoisotopic (exact) mass is 401 g/mol. The maximum absolute atomic E-state index is 5.31. The number of thiophene rings is 1. The first-order valence-corrected chi connectivity index (χ1v) is 10.5. The van der Waals surface area contributed by atoms with Crippen LogP contribution < -0.4 is 5.32 Å². The Morgan fingerprint density at radius 2 is 2.08 bits per heavy atom. The highest BCUT2D eigenvalue weighted by Crippen LogP contribution is 2.31. The second-order valence-corrected chi connectivity index (χ2v) is 8.67. The summed E-state index contributed by atoms with van der Waals surface area (Å²) < 4.78 is 6.16. The van der Waals surface area contributed by atoms with Crippen LogP contribution in [-0.2, 0) is 5.75 Å². The number of aryl methyl sites for hydroxylation is 1. The molecule has 0 aliphatic carbocycles. The van der Waals surface area contributed by atoms with Gasteiger partial charge in [0.15, 0.2) is 4.34 Å². The van der Waals surface area contributed by atoms with E-state index in [4.69, 9.17) is 4.52 Å². The first-order valence-electron chi connectivity index (χ1n) is 7.85. The summed E-state index contributed by atoms with van der Waals surface area (Å²) in [4.78, 5) is 5.42. The third-order valence-electron chi connectivity index (χ3n) is 3.78. The molecule has 0 saturated carbocycles. The van der Waals surface area contributed by atoms with Crippen molar-refractivity contribution in [3.63, 3.8) is 0 Å². The van der Waals surface area contributed by atoms with Crippen LogP contribution in [0.15, 0.2) is 44.6 Å². The van der Waals surface area contributed by atoms with E-state index in [-0.39, 0.29) is 0 Å². The van der Waals surface area contributed by atoms with E-state index in [2.05, 4.69) is 45.6 Å². The van der Waals surface area contributed by atoms with Crippen molar-refractivity contribution in [1.29, 1.82) is 0 Å². The van der Waals surface area contributed by atoms with Crippen molar-refractivity contribution in [2.45, 2.75) is 23.9 Å². The van der Waals surface area contributed by atoms with Crippen molar-refractivity contribution in [2.75, 3.05) is 5.32 Å². The smallest absolute Gasteiger partial charge is 0.237 e. The molecule has 0 bridgehead atoms. The second-order valence-electron chi connectivity index (χ2n) is 5.52. The lowest BCUT2D eigenvalue weighted by atomic mass is 10.1. The van der Waals surface area contributed by atoms with Crippen molar-refractivity contribution in [2.24, 2.45) is 0 Å². The van der Waals surface area contributed by atoms with Crippen molar-refractivity contribution in [3.05, 3.63) is 52.7 Å². The number of nitrogens with one attached hydrogen (secondary N) is 1. The number of aromatic nitrogens is 4. The van der Waals surface area contributed by atoms with Crippen molar-refractivity contribution in [3.8, 4) is 10.7 Å². The van der Waals surface area contributed by atoms with Crippen molar-refractivity contribution >= 4 is 45.3 Å². The van der Waals surface area contributed by atoms with Gasteiger partial charge in [-0.3, -0.25) is 0 Å². The number of thioether (sulfide) groups is 1. The number of hydrogen-bond donors (Lipinski definition) is 1. The standard InChI is InChI=1S/C17H15N5OS3/c1-10-5-3-6-12(11(10)2)18-16-20-21-17(26-16)25-9-14-19-15(22-23-14)13-7-4-8-24-13/h3-8H,9H2,1-2H3,(H,18,20). The predicted octanol–water partition coefficient (Wildman–Crippen LogP) is 5.30. The van der Waals surface area contributed by atoms with Gasteiger partial charge < -0.3 is 9.84 Å². The molecule has 0 spiro atoms. The predicted molar refractivity (Wildman–Crippen MR) is 106 cm³/mol. The van der Waals surface area contributed by atoms with Crippen LogP contribution in [0.4, 0.5) is 10.8 Å². The van der Waals surface area contributed by atoms with Gasteiger partial charge in [-0.1, -0.05) is 46.5 Å². The van der Waals surface area contributed by atoms with Crippen LogP contribution >= 0.6 is 34.4 Å². The van der Waals surface area contributed by atoms with Gasteiger partial charge in [0.2, 0.25) is 16.8 Å². The molecule has 0 amide bonds. The third kappa shape index (κ3) is 3.79. The average Bonchev–Trinajstić information content (AvgIpc) is 3.38. The maximum atomic E-state index is 5.31. The van der Waals surface area contributed by atoms with Crippen LogP contribution in [0.3, 0.4) is 0 Å². The van der Waals surface area contributed by atoms with Gasteiger partial charge >= 0.3 is 0 Å². The molecule has 132 valence electrons. The fourth-order valence-electron chi connectivity index (χ4n) is 2.26. The van der Waals surface area contributed by atoms with E-state index < -0.39 is 0 Å². The van der Waals surface area contributed by atoms with E-state index in [1.54, 1.807) is 11.3 Å². The lowest BCUT2D eigenvalue weighted by Crippen LogP contribution is -1.94. The molecule has 0 atom stereocenters. The number of nitrogens with zero attached hydrogens (tertiary/aromatic N) is 4. The van der Waals surface area contributed by atoms with Gasteiger partial charge in [-0.25, -0.2) is 0 Å². The number of rotatable bonds is 6. The Balaban J connectivity index is 1.39. The average molecular weight is 402 g/mol. The molecule has 0 aliphatic rings. The maximum Gasteiger partial charge on any atom is 0.237 e. The Morgan fingerprint density at radius 3 is 2.92 bits per heavy atom. The molecule has 0 saturated heterocycles. The number of hydrogen-bond acceptors (Lipinski definition) is 9. The topological polar surface area (TPSA) is 76.7 Å². The molecule has 4 aromatic rings. The molecule has 0 radical (unpaired) electrons. The zero-order valence-corrected chi connectivity index (χ0v) is 16.5. The molecule has 1 aromatic carbocycles. The first kappa shape index (κ1) is 17.2. The first-order chi connectivity index (χ1) is 12.7. The number of benzene rings is 1. The molecule has 26 heavy (non-hydrogen) atoms. The van der Waals surface area contributed by atoms with E-state index in [0.717, 1.165) is 20.0 Å². The molecule has 3 aromatic heterocycles. The van der Waals surface area contributed by atoms with Gasteiger partial charge in [-0.15, -0.1) is 21.5 Å².